The van der Waals surface area contributed by atoms with E-state index in [2.05, 4.69) is 4.99 Å². The number of amidine groups is 1. The zero-order valence-corrected chi connectivity index (χ0v) is 15.0. The smallest absolute Gasteiger partial charge is 0.416 e. The van der Waals surface area contributed by atoms with Crippen LogP contribution in [-0.4, -0.2) is 35.9 Å². The highest BCUT2D eigenvalue weighted by Crippen LogP contribution is 2.17. The van der Waals surface area contributed by atoms with E-state index in [4.69, 9.17) is 9.47 Å². The molecule has 6 heteroatoms. The number of rotatable bonds is 5. The van der Waals surface area contributed by atoms with Gasteiger partial charge in [-0.15, -0.1) is 0 Å². The number of benzene rings is 2. The number of hydrogen-bond acceptors (Lipinski definition) is 5. The maximum atomic E-state index is 12.7. The predicted molar refractivity (Wildman–Crippen MR) is 101 cm³/mol. The van der Waals surface area contributed by atoms with Crippen LogP contribution in [0.3, 0.4) is 0 Å². The van der Waals surface area contributed by atoms with Gasteiger partial charge in [-0.1, -0.05) is 60.7 Å². The lowest BCUT2D eigenvalue weighted by Crippen LogP contribution is -2.42. The standard InChI is InChI=1S/C21H20N2O4/c1-2-26-20(24)18-13-22-19(17-11-7-4-8-12-17)23(14-18)21(25)27-15-16-9-5-3-6-10-16/h3-13H,2,14-15H2,1H3. The molecule has 0 N–H and O–H groups in total. The van der Waals surface area contributed by atoms with Gasteiger partial charge in [0.1, 0.15) is 12.4 Å². The molecule has 0 aliphatic carbocycles. The fourth-order valence-electron chi connectivity index (χ4n) is 2.60. The van der Waals surface area contributed by atoms with E-state index in [0.29, 0.717) is 11.4 Å². The van der Waals surface area contributed by atoms with Gasteiger partial charge in [0.2, 0.25) is 0 Å². The number of esters is 1. The molecule has 27 heavy (non-hydrogen) atoms. The highest BCUT2D eigenvalue weighted by atomic mass is 16.6. The Balaban J connectivity index is 1.81. The van der Waals surface area contributed by atoms with Crippen LogP contribution in [0, 0.1) is 0 Å². The molecule has 138 valence electrons. The van der Waals surface area contributed by atoms with Gasteiger partial charge >= 0.3 is 12.1 Å². The molecule has 0 bridgehead atoms. The third kappa shape index (κ3) is 4.61. The third-order valence-electron chi connectivity index (χ3n) is 3.92. The van der Waals surface area contributed by atoms with E-state index in [1.54, 1.807) is 6.92 Å². The lowest BCUT2D eigenvalue weighted by Gasteiger charge is -2.26. The van der Waals surface area contributed by atoms with Crippen LogP contribution < -0.4 is 0 Å². The molecule has 3 rings (SSSR count). The zero-order chi connectivity index (χ0) is 19.1. The first-order valence-electron chi connectivity index (χ1n) is 8.66. The second-order valence-corrected chi connectivity index (χ2v) is 5.82. The number of nitrogens with zero attached hydrogens (tertiary/aromatic N) is 2. The van der Waals surface area contributed by atoms with Crippen molar-refractivity contribution in [2.24, 2.45) is 4.99 Å². The van der Waals surface area contributed by atoms with E-state index in [9.17, 15) is 9.59 Å². The zero-order valence-electron chi connectivity index (χ0n) is 15.0. The molecule has 1 heterocycles. The van der Waals surface area contributed by atoms with Crippen molar-refractivity contribution < 1.29 is 19.1 Å². The van der Waals surface area contributed by atoms with Crippen LogP contribution in [0.5, 0.6) is 0 Å². The molecule has 1 aliphatic heterocycles. The Morgan fingerprint density at radius 2 is 1.67 bits per heavy atom. The highest BCUT2D eigenvalue weighted by molar-refractivity contribution is 6.08. The Bertz CT molecular complexity index is 860. The Morgan fingerprint density at radius 3 is 2.33 bits per heavy atom. The number of hydrogen-bond donors (Lipinski definition) is 0. The van der Waals surface area contributed by atoms with Crippen LogP contribution in [0.1, 0.15) is 18.1 Å². The molecule has 0 fully saturated rings. The van der Waals surface area contributed by atoms with E-state index in [0.717, 1.165) is 11.1 Å². The van der Waals surface area contributed by atoms with Gasteiger partial charge in [0.25, 0.3) is 0 Å². The summed E-state index contributed by atoms with van der Waals surface area (Å²) in [5.74, 6) is -0.0593. The maximum absolute atomic E-state index is 12.7. The molecule has 0 radical (unpaired) electrons. The van der Waals surface area contributed by atoms with Crippen molar-refractivity contribution in [3.8, 4) is 0 Å². The summed E-state index contributed by atoms with van der Waals surface area (Å²) < 4.78 is 10.5. The van der Waals surface area contributed by atoms with Gasteiger partial charge in [-0.05, 0) is 12.5 Å². The van der Waals surface area contributed by atoms with Gasteiger partial charge in [-0.25, -0.2) is 14.6 Å². The maximum Gasteiger partial charge on any atom is 0.416 e. The van der Waals surface area contributed by atoms with Crippen LogP contribution in [0.2, 0.25) is 0 Å². The topological polar surface area (TPSA) is 68.2 Å². The number of amides is 1. The van der Waals surface area contributed by atoms with Crippen molar-refractivity contribution in [3.63, 3.8) is 0 Å². The molecular weight excluding hydrogens is 344 g/mol. The molecule has 2 aromatic rings. The quantitative estimate of drug-likeness (QED) is 0.761. The summed E-state index contributed by atoms with van der Waals surface area (Å²) in [5, 5.41) is 0. The highest BCUT2D eigenvalue weighted by Gasteiger charge is 2.29. The molecule has 0 aromatic heterocycles. The van der Waals surface area contributed by atoms with Gasteiger partial charge in [0, 0.05) is 11.8 Å². The lowest BCUT2D eigenvalue weighted by molar-refractivity contribution is -0.138. The van der Waals surface area contributed by atoms with E-state index in [-0.39, 0.29) is 19.8 Å². The lowest BCUT2D eigenvalue weighted by atomic mass is 10.1. The third-order valence-corrected chi connectivity index (χ3v) is 3.92. The van der Waals surface area contributed by atoms with Crippen molar-refractivity contribution in [1.29, 1.82) is 0 Å². The summed E-state index contributed by atoms with van der Waals surface area (Å²) in [4.78, 5) is 30.4. The molecule has 0 atom stereocenters. The average molecular weight is 364 g/mol. The number of carbonyl (C=O) groups excluding carboxylic acids is 2. The molecule has 0 spiro atoms. The first kappa shape index (κ1) is 18.4. The van der Waals surface area contributed by atoms with Gasteiger partial charge in [-0.2, -0.15) is 0 Å². The van der Waals surface area contributed by atoms with Gasteiger partial charge in [0.15, 0.2) is 0 Å². The summed E-state index contributed by atoms with van der Waals surface area (Å²) in [6.45, 7) is 2.16. The molecule has 0 saturated heterocycles. The Hall–Kier alpha value is -3.41. The SMILES string of the molecule is CCOC(=O)C1=CN=C(c2ccccc2)N(C(=O)OCc2ccccc2)C1. The summed E-state index contributed by atoms with van der Waals surface area (Å²) in [6.07, 6.45) is 0.873. The fraction of sp³-hybridized carbons (Fsp3) is 0.190. The number of aliphatic imine (C=N–C) groups is 1. The fourth-order valence-corrected chi connectivity index (χ4v) is 2.60. The van der Waals surface area contributed by atoms with Crippen molar-refractivity contribution in [1.82, 2.24) is 4.90 Å². The second-order valence-electron chi connectivity index (χ2n) is 5.82. The van der Waals surface area contributed by atoms with Crippen molar-refractivity contribution in [3.05, 3.63) is 83.6 Å². The first-order valence-corrected chi connectivity index (χ1v) is 8.66. The van der Waals surface area contributed by atoms with Crippen molar-refractivity contribution in [2.45, 2.75) is 13.5 Å². The second kappa shape index (κ2) is 8.80. The minimum atomic E-state index is -0.573. The van der Waals surface area contributed by atoms with Crippen LogP contribution in [0.4, 0.5) is 4.79 Å². The minimum absolute atomic E-state index is 0.0418. The largest absolute Gasteiger partial charge is 0.463 e. The minimum Gasteiger partial charge on any atom is -0.463 e. The Labute approximate surface area is 157 Å². The van der Waals surface area contributed by atoms with Crippen molar-refractivity contribution >= 4 is 17.9 Å². The van der Waals surface area contributed by atoms with Gasteiger partial charge < -0.3 is 9.47 Å². The first-order chi connectivity index (χ1) is 13.2. The Kier molecular flexibility index (Phi) is 5.99. The Morgan fingerprint density at radius 1 is 1.00 bits per heavy atom. The number of ether oxygens (including phenoxy) is 2. The molecule has 2 aromatic carbocycles. The summed E-state index contributed by atoms with van der Waals surface area (Å²) in [6, 6.07) is 18.7. The summed E-state index contributed by atoms with van der Waals surface area (Å²) >= 11 is 0. The molecule has 0 unspecified atom stereocenters. The molecule has 6 nitrogen and oxygen atoms in total. The number of carbonyl (C=O) groups is 2. The van der Waals surface area contributed by atoms with Gasteiger partial charge in [-0.3, -0.25) is 4.90 Å². The average Bonchev–Trinajstić information content (AvgIpc) is 2.73. The van der Waals surface area contributed by atoms with Crippen LogP contribution >= 0.6 is 0 Å². The van der Waals surface area contributed by atoms with Crippen LogP contribution in [0.15, 0.2) is 77.4 Å². The normalized spacial score (nSPS) is 13.4. The van der Waals surface area contributed by atoms with E-state index >= 15 is 0 Å². The van der Waals surface area contributed by atoms with Crippen molar-refractivity contribution in [2.75, 3.05) is 13.2 Å². The summed E-state index contributed by atoms with van der Waals surface area (Å²) in [7, 11) is 0. The van der Waals surface area contributed by atoms with Crippen LogP contribution in [-0.2, 0) is 20.9 Å². The monoisotopic (exact) mass is 364 g/mol. The van der Waals surface area contributed by atoms with Gasteiger partial charge in [0.05, 0.1) is 18.7 Å². The van der Waals surface area contributed by atoms with E-state index in [1.807, 2.05) is 60.7 Å². The molecule has 1 aliphatic rings. The predicted octanol–water partition coefficient (Wildman–Crippen LogP) is 3.53. The van der Waals surface area contributed by atoms with Crippen LogP contribution in [0.25, 0.3) is 0 Å². The van der Waals surface area contributed by atoms with E-state index in [1.165, 1.54) is 11.1 Å². The molecule has 0 saturated carbocycles. The van der Waals surface area contributed by atoms with E-state index < -0.39 is 12.1 Å². The molecule has 1 amide bonds. The molecular formula is C21H20N2O4. The summed E-state index contributed by atoms with van der Waals surface area (Å²) in [5.41, 5.74) is 1.93.